The molecule has 228 valence electrons. The van der Waals surface area contributed by atoms with Crippen molar-refractivity contribution in [3.63, 3.8) is 0 Å². The zero-order valence-electron chi connectivity index (χ0n) is 24.8. The Kier molecular flexibility index (Phi) is 8.35. The van der Waals surface area contributed by atoms with Crippen molar-refractivity contribution in [3.05, 3.63) is 76.3 Å². The minimum atomic E-state index is -1.22. The SMILES string of the molecule is C[C@@H]1[C@H](C)CCC[C@@H]1NC(=O)[C@@H]1N([C@H](C)CCc2ccccc2)C(=O)[C@@H]2[C@H](C(=O)Nc3cc(Cl)cc(Cl)c3)[C@@H]3C=C[C@]21O3. The quantitative estimate of drug-likeness (QED) is 0.351. The van der Waals surface area contributed by atoms with Gasteiger partial charge in [-0.15, -0.1) is 0 Å². The summed E-state index contributed by atoms with van der Waals surface area (Å²) in [5, 5.41) is 7.01. The number of benzene rings is 2. The summed E-state index contributed by atoms with van der Waals surface area (Å²) in [4.78, 5) is 44.3. The van der Waals surface area contributed by atoms with Crippen molar-refractivity contribution in [2.75, 3.05) is 5.32 Å². The first-order valence-corrected chi connectivity index (χ1v) is 16.1. The third-order valence-electron chi connectivity index (χ3n) is 10.2. The van der Waals surface area contributed by atoms with Crippen LogP contribution in [0.2, 0.25) is 10.0 Å². The van der Waals surface area contributed by atoms with E-state index in [4.69, 9.17) is 27.9 Å². The minimum absolute atomic E-state index is 0.0255. The number of likely N-dealkylation sites (tertiary alicyclic amines) is 1. The van der Waals surface area contributed by atoms with E-state index in [1.54, 1.807) is 23.1 Å². The lowest BCUT2D eigenvalue weighted by Crippen LogP contribution is -2.59. The molecule has 2 aromatic carbocycles. The van der Waals surface area contributed by atoms with Crippen LogP contribution in [0.15, 0.2) is 60.7 Å². The molecule has 1 aliphatic carbocycles. The van der Waals surface area contributed by atoms with E-state index in [1.165, 1.54) is 5.56 Å². The Morgan fingerprint density at radius 1 is 1.07 bits per heavy atom. The molecule has 3 aliphatic heterocycles. The molecular weight excluding hydrogens is 585 g/mol. The van der Waals surface area contributed by atoms with Gasteiger partial charge >= 0.3 is 0 Å². The van der Waals surface area contributed by atoms with Gasteiger partial charge in [0.15, 0.2) is 0 Å². The highest BCUT2D eigenvalue weighted by Gasteiger charge is 2.73. The Labute approximate surface area is 263 Å². The van der Waals surface area contributed by atoms with Gasteiger partial charge in [0.2, 0.25) is 17.7 Å². The van der Waals surface area contributed by atoms with Crippen LogP contribution in [-0.4, -0.2) is 52.5 Å². The van der Waals surface area contributed by atoms with Gasteiger partial charge in [0, 0.05) is 27.8 Å². The first-order chi connectivity index (χ1) is 20.6. The van der Waals surface area contributed by atoms with Gasteiger partial charge in [-0.25, -0.2) is 0 Å². The average Bonchev–Trinajstić information content (AvgIpc) is 3.61. The van der Waals surface area contributed by atoms with Crippen molar-refractivity contribution in [2.24, 2.45) is 23.7 Å². The number of hydrogen-bond donors (Lipinski definition) is 2. The Hall–Kier alpha value is -2.87. The number of halogens is 2. The van der Waals surface area contributed by atoms with Gasteiger partial charge in [-0.1, -0.05) is 92.4 Å². The molecule has 0 radical (unpaired) electrons. The van der Waals surface area contributed by atoms with Crippen LogP contribution in [0.1, 0.15) is 52.0 Å². The Bertz CT molecular complexity index is 1410. The third kappa shape index (κ3) is 5.49. The second-order valence-electron chi connectivity index (χ2n) is 12.8. The van der Waals surface area contributed by atoms with Crippen molar-refractivity contribution < 1.29 is 19.1 Å². The summed E-state index contributed by atoms with van der Waals surface area (Å²) in [6.45, 7) is 6.41. The second kappa shape index (κ2) is 11.9. The largest absolute Gasteiger partial charge is 0.359 e. The lowest BCUT2D eigenvalue weighted by Gasteiger charge is -2.39. The summed E-state index contributed by atoms with van der Waals surface area (Å²) in [5.74, 6) is -1.58. The van der Waals surface area contributed by atoms with Gasteiger partial charge in [-0.05, 0) is 61.8 Å². The molecule has 9 heteroatoms. The third-order valence-corrected chi connectivity index (χ3v) is 10.6. The summed E-state index contributed by atoms with van der Waals surface area (Å²) >= 11 is 12.3. The van der Waals surface area contributed by atoms with E-state index in [0.29, 0.717) is 34.0 Å². The number of ether oxygens (including phenoxy) is 1. The number of nitrogens with zero attached hydrogens (tertiary/aromatic N) is 1. The Morgan fingerprint density at radius 3 is 2.51 bits per heavy atom. The number of fused-ring (bicyclic) bond motifs is 1. The molecular formula is C34H39Cl2N3O4. The Morgan fingerprint density at radius 2 is 1.79 bits per heavy atom. The van der Waals surface area contributed by atoms with E-state index in [9.17, 15) is 14.4 Å². The second-order valence-corrected chi connectivity index (χ2v) is 13.7. The fraction of sp³-hybridized carbons (Fsp3) is 0.500. The molecule has 43 heavy (non-hydrogen) atoms. The molecule has 2 aromatic rings. The number of rotatable bonds is 8. The van der Waals surface area contributed by atoms with Crippen LogP contribution in [-0.2, 0) is 25.5 Å². The van der Waals surface area contributed by atoms with E-state index >= 15 is 0 Å². The van der Waals surface area contributed by atoms with Crippen LogP contribution in [0.5, 0.6) is 0 Å². The average molecular weight is 625 g/mol. The molecule has 9 atom stereocenters. The van der Waals surface area contributed by atoms with Crippen LogP contribution >= 0.6 is 23.2 Å². The topological polar surface area (TPSA) is 87.7 Å². The monoisotopic (exact) mass is 623 g/mol. The molecule has 3 fully saturated rings. The summed E-state index contributed by atoms with van der Waals surface area (Å²) < 4.78 is 6.54. The molecule has 3 heterocycles. The van der Waals surface area contributed by atoms with Crippen molar-refractivity contribution in [1.29, 1.82) is 0 Å². The zero-order chi connectivity index (χ0) is 30.5. The highest BCUT2D eigenvalue weighted by atomic mass is 35.5. The lowest BCUT2D eigenvalue weighted by atomic mass is 9.73. The fourth-order valence-electron chi connectivity index (χ4n) is 7.74. The number of carbonyl (C=O) groups excluding carboxylic acids is 3. The molecule has 3 amide bonds. The minimum Gasteiger partial charge on any atom is -0.359 e. The van der Waals surface area contributed by atoms with Crippen molar-refractivity contribution >= 4 is 46.6 Å². The Balaban J connectivity index is 1.30. The maximum atomic E-state index is 14.4. The van der Waals surface area contributed by atoms with Crippen molar-refractivity contribution in [1.82, 2.24) is 10.2 Å². The van der Waals surface area contributed by atoms with Gasteiger partial charge in [0.1, 0.15) is 11.6 Å². The van der Waals surface area contributed by atoms with Crippen LogP contribution in [0.4, 0.5) is 5.69 Å². The number of anilines is 1. The maximum absolute atomic E-state index is 14.4. The van der Waals surface area contributed by atoms with Gasteiger partial charge in [0.25, 0.3) is 0 Å². The summed E-state index contributed by atoms with van der Waals surface area (Å²) in [7, 11) is 0. The molecule has 2 bridgehead atoms. The standard InChI is InChI=1S/C34H39Cl2N3O4/c1-19-8-7-11-26(21(19)3)38-32(41)30-34-15-14-27(43-34)28(31(40)37-25-17-23(35)16-24(36)18-25)29(34)33(42)39(30)20(2)12-13-22-9-5-4-6-10-22/h4-6,9-10,14-21,26-30H,7-8,11-13H2,1-3H3,(H,37,40)(H,38,41)/t19-,20-,21-,26+,27+,28-,29+,30+,34+/m1/s1. The van der Waals surface area contributed by atoms with Gasteiger partial charge < -0.3 is 20.3 Å². The fourth-order valence-corrected chi connectivity index (χ4v) is 8.27. The molecule has 1 saturated carbocycles. The first-order valence-electron chi connectivity index (χ1n) is 15.4. The molecule has 0 unspecified atom stereocenters. The van der Waals surface area contributed by atoms with Crippen molar-refractivity contribution in [3.8, 4) is 0 Å². The highest BCUT2D eigenvalue weighted by Crippen LogP contribution is 2.56. The summed E-state index contributed by atoms with van der Waals surface area (Å²) in [6, 6.07) is 13.8. The van der Waals surface area contributed by atoms with Crippen molar-refractivity contribution in [2.45, 2.75) is 82.7 Å². The maximum Gasteiger partial charge on any atom is 0.246 e. The van der Waals surface area contributed by atoms with Crippen LogP contribution in [0.3, 0.4) is 0 Å². The molecule has 0 aromatic heterocycles. The van der Waals surface area contributed by atoms with E-state index in [-0.39, 0.29) is 29.8 Å². The number of hydrogen-bond acceptors (Lipinski definition) is 4. The lowest BCUT2D eigenvalue weighted by molar-refractivity contribution is -0.144. The number of nitrogens with one attached hydrogen (secondary N) is 2. The highest BCUT2D eigenvalue weighted by molar-refractivity contribution is 6.35. The molecule has 2 saturated heterocycles. The van der Waals surface area contributed by atoms with Crippen LogP contribution < -0.4 is 10.6 Å². The zero-order valence-corrected chi connectivity index (χ0v) is 26.3. The molecule has 1 spiro atoms. The van der Waals surface area contributed by atoms with Gasteiger partial charge in [-0.2, -0.15) is 0 Å². The van der Waals surface area contributed by atoms with Gasteiger partial charge in [-0.3, -0.25) is 14.4 Å². The van der Waals surface area contributed by atoms with E-state index in [2.05, 4.69) is 36.6 Å². The summed E-state index contributed by atoms with van der Waals surface area (Å²) in [6.07, 6.45) is 7.62. The first kappa shape index (κ1) is 30.2. The van der Waals surface area contributed by atoms with E-state index < -0.39 is 29.6 Å². The normalized spacial score (nSPS) is 33.4. The smallest absolute Gasteiger partial charge is 0.246 e. The predicted molar refractivity (Wildman–Crippen MR) is 168 cm³/mol. The summed E-state index contributed by atoms with van der Waals surface area (Å²) in [5.41, 5.74) is 0.390. The number of carbonyl (C=O) groups is 3. The molecule has 2 N–H and O–H groups in total. The van der Waals surface area contributed by atoms with E-state index in [0.717, 1.165) is 25.7 Å². The van der Waals surface area contributed by atoms with Crippen LogP contribution in [0, 0.1) is 23.7 Å². The number of aryl methyl sites for hydroxylation is 1. The molecule has 6 rings (SSSR count). The van der Waals surface area contributed by atoms with E-state index in [1.807, 2.05) is 37.3 Å². The number of amides is 3. The van der Waals surface area contributed by atoms with Crippen LogP contribution in [0.25, 0.3) is 0 Å². The van der Waals surface area contributed by atoms with Gasteiger partial charge in [0.05, 0.1) is 17.9 Å². The molecule has 7 nitrogen and oxygen atoms in total. The predicted octanol–water partition coefficient (Wildman–Crippen LogP) is 6.04. The molecule has 4 aliphatic rings.